The molecule has 1 spiro atoms. The van der Waals surface area contributed by atoms with E-state index in [-0.39, 0.29) is 17.2 Å². The Bertz CT molecular complexity index is 624. The second kappa shape index (κ2) is 5.11. The molecule has 22 heavy (non-hydrogen) atoms. The molecule has 4 rings (SSSR count). The highest BCUT2D eigenvalue weighted by atomic mass is 16.2. The van der Waals surface area contributed by atoms with Crippen LogP contribution in [0.15, 0.2) is 6.20 Å². The molecule has 118 valence electrons. The summed E-state index contributed by atoms with van der Waals surface area (Å²) in [7, 11) is 0. The summed E-state index contributed by atoms with van der Waals surface area (Å²) < 4.78 is 1.98. The molecular weight excluding hydrogens is 280 g/mol. The van der Waals surface area contributed by atoms with Gasteiger partial charge in [-0.2, -0.15) is 5.10 Å². The first-order valence-electron chi connectivity index (χ1n) is 8.28. The van der Waals surface area contributed by atoms with Crippen molar-refractivity contribution in [2.45, 2.75) is 45.1 Å². The Morgan fingerprint density at radius 3 is 3.00 bits per heavy atom. The third-order valence-electron chi connectivity index (χ3n) is 5.36. The Morgan fingerprint density at radius 2 is 2.18 bits per heavy atom. The Hall–Kier alpha value is -1.85. The van der Waals surface area contributed by atoms with Gasteiger partial charge in [-0.1, -0.05) is 0 Å². The summed E-state index contributed by atoms with van der Waals surface area (Å²) in [6.07, 6.45) is 7.52. The van der Waals surface area contributed by atoms with Crippen molar-refractivity contribution in [1.82, 2.24) is 20.0 Å². The lowest BCUT2D eigenvalue weighted by atomic mass is 9.79. The highest BCUT2D eigenvalue weighted by molar-refractivity contribution is 5.95. The van der Waals surface area contributed by atoms with E-state index in [0.717, 1.165) is 56.5 Å². The van der Waals surface area contributed by atoms with Gasteiger partial charge in [0.2, 0.25) is 5.91 Å². The summed E-state index contributed by atoms with van der Waals surface area (Å²) in [6.45, 7) is 3.11. The van der Waals surface area contributed by atoms with Gasteiger partial charge in [0.15, 0.2) is 0 Å². The molecule has 6 heteroatoms. The molecule has 0 radical (unpaired) electrons. The largest absolute Gasteiger partial charge is 0.355 e. The van der Waals surface area contributed by atoms with Crippen LogP contribution in [0.2, 0.25) is 0 Å². The highest BCUT2D eigenvalue weighted by Crippen LogP contribution is 2.36. The molecule has 3 aliphatic rings. The van der Waals surface area contributed by atoms with Gasteiger partial charge in [0.1, 0.15) is 0 Å². The molecule has 1 N–H and O–H groups in total. The fourth-order valence-electron chi connectivity index (χ4n) is 4.19. The van der Waals surface area contributed by atoms with Crippen LogP contribution in [0.4, 0.5) is 0 Å². The molecule has 4 heterocycles. The predicted octanol–water partition coefficient (Wildman–Crippen LogP) is 0.962. The van der Waals surface area contributed by atoms with Gasteiger partial charge in [0.25, 0.3) is 5.91 Å². The van der Waals surface area contributed by atoms with E-state index < -0.39 is 0 Å². The zero-order valence-corrected chi connectivity index (χ0v) is 12.8. The van der Waals surface area contributed by atoms with Crippen LogP contribution >= 0.6 is 0 Å². The molecule has 1 aromatic heterocycles. The minimum atomic E-state index is -0.0434. The minimum absolute atomic E-state index is 0.0434. The van der Waals surface area contributed by atoms with Crippen LogP contribution in [-0.2, 0) is 17.8 Å². The highest BCUT2D eigenvalue weighted by Gasteiger charge is 2.43. The number of amides is 2. The molecule has 0 aliphatic carbocycles. The van der Waals surface area contributed by atoms with Crippen molar-refractivity contribution < 1.29 is 9.59 Å². The summed E-state index contributed by atoms with van der Waals surface area (Å²) in [4.78, 5) is 26.4. The molecule has 1 atom stereocenters. The normalized spacial score (nSPS) is 27.8. The fraction of sp³-hybridized carbons (Fsp3) is 0.688. The number of aryl methyl sites for hydroxylation is 1. The van der Waals surface area contributed by atoms with E-state index in [1.54, 1.807) is 6.20 Å². The van der Waals surface area contributed by atoms with E-state index in [0.29, 0.717) is 19.5 Å². The van der Waals surface area contributed by atoms with Gasteiger partial charge in [0, 0.05) is 38.0 Å². The number of hydrogen-bond donors (Lipinski definition) is 1. The van der Waals surface area contributed by atoms with Crippen molar-refractivity contribution in [3.8, 4) is 0 Å². The van der Waals surface area contributed by atoms with Gasteiger partial charge < -0.3 is 10.2 Å². The average Bonchev–Trinajstić information content (AvgIpc) is 3.11. The maximum Gasteiger partial charge on any atom is 0.257 e. The van der Waals surface area contributed by atoms with E-state index in [1.807, 2.05) is 9.58 Å². The Balaban J connectivity index is 1.55. The first-order chi connectivity index (χ1) is 10.7. The van der Waals surface area contributed by atoms with Crippen LogP contribution in [0.25, 0.3) is 0 Å². The maximum atomic E-state index is 12.9. The SMILES string of the molecule is O=C1CC2(CCCN(C(=O)c3cnn4c3CCCC4)C2)CN1. The first-order valence-corrected chi connectivity index (χ1v) is 8.28. The van der Waals surface area contributed by atoms with Gasteiger partial charge >= 0.3 is 0 Å². The third kappa shape index (κ3) is 2.21. The number of likely N-dealkylation sites (tertiary alicyclic amines) is 1. The lowest BCUT2D eigenvalue weighted by Gasteiger charge is -2.39. The van der Waals surface area contributed by atoms with Crippen molar-refractivity contribution in [1.29, 1.82) is 0 Å². The number of fused-ring (bicyclic) bond motifs is 1. The number of aromatic nitrogens is 2. The van der Waals surface area contributed by atoms with Crippen molar-refractivity contribution in [2.75, 3.05) is 19.6 Å². The molecule has 6 nitrogen and oxygen atoms in total. The van der Waals surface area contributed by atoms with E-state index >= 15 is 0 Å². The molecule has 2 fully saturated rings. The lowest BCUT2D eigenvalue weighted by molar-refractivity contribution is -0.119. The predicted molar refractivity (Wildman–Crippen MR) is 80.4 cm³/mol. The summed E-state index contributed by atoms with van der Waals surface area (Å²) in [5.41, 5.74) is 1.82. The molecule has 2 amide bonds. The van der Waals surface area contributed by atoms with Gasteiger partial charge in [-0.15, -0.1) is 0 Å². The average molecular weight is 302 g/mol. The van der Waals surface area contributed by atoms with Crippen LogP contribution in [0.3, 0.4) is 0 Å². The molecule has 1 aromatic rings. The Kier molecular flexibility index (Phi) is 3.20. The number of rotatable bonds is 1. The number of piperidine rings is 1. The molecule has 0 aromatic carbocycles. The Morgan fingerprint density at radius 1 is 1.27 bits per heavy atom. The van der Waals surface area contributed by atoms with E-state index in [2.05, 4.69) is 10.4 Å². The van der Waals surface area contributed by atoms with E-state index in [1.165, 1.54) is 0 Å². The standard InChI is InChI=1S/C16H22N4O2/c21-14-8-16(10-17-14)5-3-6-19(11-16)15(22)12-9-18-20-7-2-1-4-13(12)20/h9H,1-8,10-11H2,(H,17,21). The van der Waals surface area contributed by atoms with E-state index in [4.69, 9.17) is 0 Å². The molecule has 1 unspecified atom stereocenters. The maximum absolute atomic E-state index is 12.9. The fourth-order valence-corrected chi connectivity index (χ4v) is 4.19. The van der Waals surface area contributed by atoms with Crippen molar-refractivity contribution in [3.63, 3.8) is 0 Å². The van der Waals surface area contributed by atoms with E-state index in [9.17, 15) is 9.59 Å². The van der Waals surface area contributed by atoms with Crippen molar-refractivity contribution >= 4 is 11.8 Å². The zero-order valence-electron chi connectivity index (χ0n) is 12.8. The molecule has 0 saturated carbocycles. The summed E-state index contributed by atoms with van der Waals surface area (Å²) in [5, 5.41) is 7.31. The summed E-state index contributed by atoms with van der Waals surface area (Å²) in [5.74, 6) is 0.221. The van der Waals surface area contributed by atoms with Crippen molar-refractivity contribution in [3.05, 3.63) is 17.5 Å². The second-order valence-corrected chi connectivity index (χ2v) is 6.97. The van der Waals surface area contributed by atoms with Crippen LogP contribution in [-0.4, -0.2) is 46.1 Å². The monoisotopic (exact) mass is 302 g/mol. The van der Waals surface area contributed by atoms with Gasteiger partial charge in [-0.25, -0.2) is 0 Å². The van der Waals surface area contributed by atoms with Crippen LogP contribution in [0.5, 0.6) is 0 Å². The van der Waals surface area contributed by atoms with Crippen LogP contribution < -0.4 is 5.32 Å². The lowest BCUT2D eigenvalue weighted by Crippen LogP contribution is -2.47. The van der Waals surface area contributed by atoms with Crippen LogP contribution in [0, 0.1) is 5.41 Å². The summed E-state index contributed by atoms with van der Waals surface area (Å²) in [6, 6.07) is 0. The number of nitrogens with zero attached hydrogens (tertiary/aromatic N) is 3. The molecular formula is C16H22N4O2. The third-order valence-corrected chi connectivity index (χ3v) is 5.36. The summed E-state index contributed by atoms with van der Waals surface area (Å²) >= 11 is 0. The number of nitrogens with one attached hydrogen (secondary N) is 1. The second-order valence-electron chi connectivity index (χ2n) is 6.97. The van der Waals surface area contributed by atoms with Gasteiger partial charge in [0.05, 0.1) is 17.5 Å². The van der Waals surface area contributed by atoms with Crippen LogP contribution in [0.1, 0.15) is 48.2 Å². The molecule has 2 saturated heterocycles. The molecule has 0 bridgehead atoms. The zero-order chi connectivity index (χ0) is 15.2. The minimum Gasteiger partial charge on any atom is -0.355 e. The molecule has 3 aliphatic heterocycles. The van der Waals surface area contributed by atoms with Gasteiger partial charge in [-0.05, 0) is 32.1 Å². The number of carbonyl (C=O) groups is 2. The quantitative estimate of drug-likeness (QED) is 0.840. The topological polar surface area (TPSA) is 67.2 Å². The number of hydrogen-bond acceptors (Lipinski definition) is 3. The Labute approximate surface area is 129 Å². The number of carbonyl (C=O) groups excluding carboxylic acids is 2. The smallest absolute Gasteiger partial charge is 0.257 e. The first kappa shape index (κ1) is 13.8. The van der Waals surface area contributed by atoms with Gasteiger partial charge in [-0.3, -0.25) is 14.3 Å². The van der Waals surface area contributed by atoms with Crippen molar-refractivity contribution in [2.24, 2.45) is 5.41 Å².